The zero-order valence-electron chi connectivity index (χ0n) is 15.1. The van der Waals surface area contributed by atoms with Gasteiger partial charge in [0, 0.05) is 11.4 Å². The minimum Gasteiger partial charge on any atom is -0.478 e. The van der Waals surface area contributed by atoms with Gasteiger partial charge in [0.1, 0.15) is 11.3 Å². The van der Waals surface area contributed by atoms with Crippen molar-refractivity contribution in [2.24, 2.45) is 0 Å². The van der Waals surface area contributed by atoms with Gasteiger partial charge in [-0.1, -0.05) is 23.8 Å². The van der Waals surface area contributed by atoms with Gasteiger partial charge >= 0.3 is 5.97 Å². The molecule has 1 aromatic heterocycles. The summed E-state index contributed by atoms with van der Waals surface area (Å²) < 4.78 is 5.27. The van der Waals surface area contributed by atoms with Gasteiger partial charge in [-0.3, -0.25) is 4.79 Å². The van der Waals surface area contributed by atoms with Crippen LogP contribution in [-0.2, 0) is 5.75 Å². The molecule has 1 amide bonds. The standard InChI is InChI=1S/C21H23NO4S/c23-20(22-12-10-15-6-2-1-3-7-15)17-8-4-5-9-19(17)27-14-18-16(21(24)25)11-13-26-18/h4-6,8-9,11,13H,1-3,7,10,12,14H2,(H,22,23)(H,24,25). The lowest BCUT2D eigenvalue weighted by Gasteiger charge is -2.13. The molecule has 0 atom stereocenters. The van der Waals surface area contributed by atoms with Crippen molar-refractivity contribution >= 4 is 23.6 Å². The van der Waals surface area contributed by atoms with Crippen LogP contribution in [0, 0.1) is 0 Å². The first-order valence-electron chi connectivity index (χ1n) is 9.12. The number of amides is 1. The van der Waals surface area contributed by atoms with Gasteiger partial charge in [0.05, 0.1) is 17.6 Å². The summed E-state index contributed by atoms with van der Waals surface area (Å²) in [5.41, 5.74) is 2.19. The van der Waals surface area contributed by atoms with Gasteiger partial charge in [-0.15, -0.1) is 11.8 Å². The van der Waals surface area contributed by atoms with E-state index in [0.717, 1.165) is 24.2 Å². The Morgan fingerprint density at radius 3 is 2.78 bits per heavy atom. The van der Waals surface area contributed by atoms with E-state index in [1.54, 1.807) is 6.07 Å². The zero-order chi connectivity index (χ0) is 19.1. The van der Waals surface area contributed by atoms with E-state index < -0.39 is 5.97 Å². The Kier molecular flexibility index (Phi) is 6.76. The molecular formula is C21H23NO4S. The van der Waals surface area contributed by atoms with Crippen LogP contribution in [0.4, 0.5) is 0 Å². The van der Waals surface area contributed by atoms with Crippen molar-refractivity contribution in [1.82, 2.24) is 5.32 Å². The molecule has 0 bridgehead atoms. The van der Waals surface area contributed by atoms with Crippen LogP contribution in [0.15, 0.2) is 57.6 Å². The van der Waals surface area contributed by atoms with Gasteiger partial charge in [0.15, 0.2) is 0 Å². The monoisotopic (exact) mass is 385 g/mol. The number of rotatable bonds is 8. The average Bonchev–Trinajstić information content (AvgIpc) is 3.16. The maximum atomic E-state index is 12.6. The minimum absolute atomic E-state index is 0.104. The second kappa shape index (κ2) is 9.46. The second-order valence-electron chi connectivity index (χ2n) is 6.46. The lowest BCUT2D eigenvalue weighted by molar-refractivity contribution is 0.0694. The van der Waals surface area contributed by atoms with E-state index >= 15 is 0 Å². The van der Waals surface area contributed by atoms with Gasteiger partial charge in [-0.2, -0.15) is 0 Å². The molecule has 2 N–H and O–H groups in total. The fraction of sp³-hybridized carbons (Fsp3) is 0.333. The summed E-state index contributed by atoms with van der Waals surface area (Å²) in [5, 5.41) is 12.2. The van der Waals surface area contributed by atoms with Crippen LogP contribution in [0.2, 0.25) is 0 Å². The predicted molar refractivity (Wildman–Crippen MR) is 105 cm³/mol. The number of allylic oxidation sites excluding steroid dienone is 1. The third-order valence-electron chi connectivity index (χ3n) is 4.58. The Balaban J connectivity index is 1.59. The molecule has 1 aliphatic rings. The minimum atomic E-state index is -1.01. The number of carboxylic acids is 1. The van der Waals surface area contributed by atoms with Crippen LogP contribution in [-0.4, -0.2) is 23.5 Å². The number of carboxylic acid groups (broad SMARTS) is 1. The van der Waals surface area contributed by atoms with Gasteiger partial charge < -0.3 is 14.8 Å². The fourth-order valence-electron chi connectivity index (χ4n) is 3.13. The van der Waals surface area contributed by atoms with E-state index in [0.29, 0.717) is 23.6 Å². The molecule has 5 nitrogen and oxygen atoms in total. The molecule has 142 valence electrons. The lowest BCUT2D eigenvalue weighted by atomic mass is 9.97. The lowest BCUT2D eigenvalue weighted by Crippen LogP contribution is -2.25. The summed E-state index contributed by atoms with van der Waals surface area (Å²) in [4.78, 5) is 24.6. The maximum absolute atomic E-state index is 12.6. The van der Waals surface area contributed by atoms with Crippen LogP contribution < -0.4 is 5.32 Å². The highest BCUT2D eigenvalue weighted by Gasteiger charge is 2.16. The van der Waals surface area contributed by atoms with Crippen molar-refractivity contribution in [3.05, 3.63) is 65.1 Å². The average molecular weight is 385 g/mol. The van der Waals surface area contributed by atoms with Crippen LogP contribution in [0.25, 0.3) is 0 Å². The highest BCUT2D eigenvalue weighted by molar-refractivity contribution is 7.98. The van der Waals surface area contributed by atoms with Crippen molar-refractivity contribution in [2.45, 2.75) is 42.8 Å². The molecule has 1 heterocycles. The summed E-state index contributed by atoms with van der Waals surface area (Å²) in [7, 11) is 0. The Morgan fingerprint density at radius 1 is 1.15 bits per heavy atom. The van der Waals surface area contributed by atoms with Crippen molar-refractivity contribution < 1.29 is 19.1 Å². The molecule has 0 saturated heterocycles. The normalized spacial score (nSPS) is 13.9. The smallest absolute Gasteiger partial charge is 0.339 e. The van der Waals surface area contributed by atoms with Crippen LogP contribution in [0.1, 0.15) is 58.6 Å². The summed E-state index contributed by atoms with van der Waals surface area (Å²) in [6.45, 7) is 0.630. The Labute approximate surface area is 162 Å². The third-order valence-corrected chi connectivity index (χ3v) is 5.66. The summed E-state index contributed by atoms with van der Waals surface area (Å²) >= 11 is 1.40. The van der Waals surface area contributed by atoms with E-state index in [1.807, 2.05) is 18.2 Å². The van der Waals surface area contributed by atoms with Crippen LogP contribution in [0.5, 0.6) is 0 Å². The molecule has 0 unspecified atom stereocenters. The van der Waals surface area contributed by atoms with Crippen LogP contribution >= 0.6 is 11.8 Å². The van der Waals surface area contributed by atoms with Gasteiger partial charge in [-0.25, -0.2) is 4.79 Å². The van der Waals surface area contributed by atoms with Gasteiger partial charge in [0.2, 0.25) is 0 Å². The topological polar surface area (TPSA) is 79.5 Å². The molecule has 1 aromatic carbocycles. The summed E-state index contributed by atoms with van der Waals surface area (Å²) in [6.07, 6.45) is 9.35. The van der Waals surface area contributed by atoms with E-state index in [2.05, 4.69) is 11.4 Å². The van der Waals surface area contributed by atoms with E-state index in [4.69, 9.17) is 9.52 Å². The third kappa shape index (κ3) is 5.26. The molecular weight excluding hydrogens is 362 g/mol. The molecule has 0 radical (unpaired) electrons. The maximum Gasteiger partial charge on any atom is 0.339 e. The number of hydrogen-bond donors (Lipinski definition) is 2. The van der Waals surface area contributed by atoms with E-state index in [-0.39, 0.29) is 11.5 Å². The van der Waals surface area contributed by atoms with E-state index in [1.165, 1.54) is 42.5 Å². The number of carbonyl (C=O) groups excluding carboxylic acids is 1. The molecule has 0 aliphatic heterocycles. The number of carbonyl (C=O) groups is 2. The zero-order valence-corrected chi connectivity index (χ0v) is 15.9. The molecule has 1 aliphatic carbocycles. The highest BCUT2D eigenvalue weighted by Crippen LogP contribution is 2.28. The number of aromatic carboxylic acids is 1. The Morgan fingerprint density at radius 2 is 2.00 bits per heavy atom. The van der Waals surface area contributed by atoms with E-state index in [9.17, 15) is 9.59 Å². The SMILES string of the molecule is O=C(NCCC1=CCCCC1)c1ccccc1SCc1occc1C(=O)O. The number of hydrogen-bond acceptors (Lipinski definition) is 4. The molecule has 0 spiro atoms. The molecule has 0 fully saturated rings. The number of furan rings is 1. The molecule has 6 heteroatoms. The van der Waals surface area contributed by atoms with Crippen molar-refractivity contribution in [2.75, 3.05) is 6.54 Å². The van der Waals surface area contributed by atoms with Crippen molar-refractivity contribution in [3.8, 4) is 0 Å². The largest absolute Gasteiger partial charge is 0.478 e. The first-order valence-corrected chi connectivity index (χ1v) is 10.1. The molecule has 27 heavy (non-hydrogen) atoms. The quantitative estimate of drug-likeness (QED) is 0.499. The number of nitrogens with one attached hydrogen (secondary N) is 1. The molecule has 0 saturated carbocycles. The Bertz CT molecular complexity index is 840. The number of benzene rings is 1. The number of thioether (sulfide) groups is 1. The fourth-order valence-corrected chi connectivity index (χ4v) is 4.13. The summed E-state index contributed by atoms with van der Waals surface area (Å²) in [6, 6.07) is 8.80. The van der Waals surface area contributed by atoms with Crippen molar-refractivity contribution in [3.63, 3.8) is 0 Å². The first-order chi connectivity index (χ1) is 13.1. The predicted octanol–water partition coefficient (Wildman–Crippen LogP) is 4.89. The van der Waals surface area contributed by atoms with Gasteiger partial charge in [-0.05, 0) is 50.3 Å². The second-order valence-corrected chi connectivity index (χ2v) is 7.48. The molecule has 2 aromatic rings. The first kappa shape index (κ1) is 19.3. The summed E-state index contributed by atoms with van der Waals surface area (Å²) in [5.74, 6) is -0.368. The Hall–Kier alpha value is -2.47. The molecule has 3 rings (SSSR count). The van der Waals surface area contributed by atoms with Crippen molar-refractivity contribution in [1.29, 1.82) is 0 Å². The van der Waals surface area contributed by atoms with Crippen LogP contribution in [0.3, 0.4) is 0 Å². The highest BCUT2D eigenvalue weighted by atomic mass is 32.2. The van der Waals surface area contributed by atoms with Gasteiger partial charge in [0.25, 0.3) is 5.91 Å².